The van der Waals surface area contributed by atoms with Crippen molar-refractivity contribution in [2.75, 3.05) is 24.6 Å². The van der Waals surface area contributed by atoms with E-state index in [1.807, 2.05) is 38.1 Å². The minimum absolute atomic E-state index is 0.0243. The Bertz CT molecular complexity index is 1350. The van der Waals surface area contributed by atoms with Crippen molar-refractivity contribution in [1.29, 1.82) is 0 Å². The van der Waals surface area contributed by atoms with Gasteiger partial charge < -0.3 is 19.6 Å². The Balaban J connectivity index is 1.82. The van der Waals surface area contributed by atoms with Gasteiger partial charge in [-0.3, -0.25) is 9.59 Å². The minimum Gasteiger partial charge on any atom is -0.507 e. The molecule has 3 aromatic rings. The molecule has 1 aliphatic heterocycles. The van der Waals surface area contributed by atoms with Gasteiger partial charge in [0.15, 0.2) is 0 Å². The fourth-order valence-electron chi connectivity index (χ4n) is 4.90. The van der Waals surface area contributed by atoms with E-state index >= 15 is 0 Å². The lowest BCUT2D eigenvalue weighted by Crippen LogP contribution is -2.29. The van der Waals surface area contributed by atoms with Crippen LogP contribution in [0.25, 0.3) is 5.76 Å². The van der Waals surface area contributed by atoms with Crippen LogP contribution in [0.2, 0.25) is 0 Å². The van der Waals surface area contributed by atoms with Gasteiger partial charge in [-0.25, -0.2) is 4.39 Å². The molecule has 1 heterocycles. The number of aliphatic hydroxyl groups is 1. The van der Waals surface area contributed by atoms with Gasteiger partial charge in [0, 0.05) is 30.9 Å². The molecule has 7 heteroatoms. The Labute approximate surface area is 223 Å². The average molecular weight is 517 g/mol. The first-order chi connectivity index (χ1) is 18.3. The number of carbonyl (C=O) groups excluding carboxylic acids is 2. The summed E-state index contributed by atoms with van der Waals surface area (Å²) in [6.07, 6.45) is 0. The maximum absolute atomic E-state index is 13.5. The number of Topliss-reactive ketones (excluding diaryl/α,β-unsaturated/α-hetero) is 1. The zero-order chi connectivity index (χ0) is 27.4. The highest BCUT2D eigenvalue weighted by atomic mass is 19.1. The van der Waals surface area contributed by atoms with Gasteiger partial charge in [0.2, 0.25) is 0 Å². The zero-order valence-electron chi connectivity index (χ0n) is 22.2. The molecular weight excluding hydrogens is 483 g/mol. The second-order valence-corrected chi connectivity index (χ2v) is 9.23. The van der Waals surface area contributed by atoms with Crippen molar-refractivity contribution in [3.8, 4) is 5.75 Å². The first-order valence-corrected chi connectivity index (χ1v) is 12.9. The van der Waals surface area contributed by atoms with E-state index in [4.69, 9.17) is 4.74 Å². The Kier molecular flexibility index (Phi) is 8.15. The third kappa shape index (κ3) is 5.28. The fourth-order valence-corrected chi connectivity index (χ4v) is 4.90. The Morgan fingerprint density at radius 1 is 0.974 bits per heavy atom. The summed E-state index contributed by atoms with van der Waals surface area (Å²) in [5.74, 6) is -1.41. The summed E-state index contributed by atoms with van der Waals surface area (Å²) < 4.78 is 19.1. The number of hydrogen-bond donors (Lipinski definition) is 1. The van der Waals surface area contributed by atoms with Crippen molar-refractivity contribution in [3.05, 3.63) is 100 Å². The van der Waals surface area contributed by atoms with Crippen LogP contribution in [0, 0.1) is 12.7 Å². The molecular formula is C31H33FN2O4. The van der Waals surface area contributed by atoms with Crippen LogP contribution in [0.4, 0.5) is 10.1 Å². The van der Waals surface area contributed by atoms with Crippen LogP contribution < -0.4 is 9.64 Å². The van der Waals surface area contributed by atoms with Crippen LogP contribution in [-0.2, 0) is 16.1 Å². The van der Waals surface area contributed by atoms with Gasteiger partial charge in [-0.1, -0.05) is 24.3 Å². The number of anilines is 1. The van der Waals surface area contributed by atoms with E-state index in [1.54, 1.807) is 30.3 Å². The lowest BCUT2D eigenvalue weighted by molar-refractivity contribution is -0.140. The van der Waals surface area contributed by atoms with Gasteiger partial charge in [-0.05, 0) is 86.8 Å². The van der Waals surface area contributed by atoms with Gasteiger partial charge in [-0.2, -0.15) is 0 Å². The topological polar surface area (TPSA) is 70.1 Å². The fraction of sp³-hybridized carbons (Fsp3) is 0.290. The number of aliphatic hydroxyl groups excluding tert-OH is 1. The second kappa shape index (κ2) is 11.5. The number of hydrogen-bond acceptors (Lipinski definition) is 5. The molecule has 0 aromatic heterocycles. The number of ketones is 1. The van der Waals surface area contributed by atoms with Crippen LogP contribution in [0.1, 0.15) is 49.1 Å². The van der Waals surface area contributed by atoms with Gasteiger partial charge in [-0.15, -0.1) is 0 Å². The highest BCUT2D eigenvalue weighted by molar-refractivity contribution is 6.46. The molecule has 198 valence electrons. The number of ether oxygens (including phenoxy) is 1. The molecule has 4 rings (SSSR count). The highest BCUT2D eigenvalue weighted by Crippen LogP contribution is 2.41. The predicted molar refractivity (Wildman–Crippen MR) is 147 cm³/mol. The molecule has 3 aromatic carbocycles. The predicted octanol–water partition coefficient (Wildman–Crippen LogP) is 6.00. The molecule has 1 atom stereocenters. The Morgan fingerprint density at radius 3 is 2.21 bits per heavy atom. The smallest absolute Gasteiger partial charge is 0.295 e. The third-order valence-electron chi connectivity index (χ3n) is 6.89. The zero-order valence-corrected chi connectivity index (χ0v) is 22.2. The molecule has 0 spiro atoms. The average Bonchev–Trinajstić information content (AvgIpc) is 3.17. The molecule has 0 aliphatic carbocycles. The maximum Gasteiger partial charge on any atom is 0.295 e. The Morgan fingerprint density at radius 2 is 1.63 bits per heavy atom. The van der Waals surface area contributed by atoms with Crippen molar-refractivity contribution in [2.45, 2.75) is 40.3 Å². The van der Waals surface area contributed by atoms with Crippen LogP contribution in [0.3, 0.4) is 0 Å². The minimum atomic E-state index is -0.808. The van der Waals surface area contributed by atoms with Crippen LogP contribution >= 0.6 is 0 Å². The number of aryl methyl sites for hydroxylation is 1. The number of benzene rings is 3. The molecule has 1 aliphatic rings. The first kappa shape index (κ1) is 26.9. The Hall–Kier alpha value is -4.13. The number of amides is 1. The summed E-state index contributed by atoms with van der Waals surface area (Å²) >= 11 is 0. The second-order valence-electron chi connectivity index (χ2n) is 9.23. The van der Waals surface area contributed by atoms with Crippen molar-refractivity contribution in [3.63, 3.8) is 0 Å². The number of rotatable bonds is 9. The number of halogens is 1. The number of carbonyl (C=O) groups is 2. The van der Waals surface area contributed by atoms with Gasteiger partial charge >= 0.3 is 0 Å². The lowest BCUT2D eigenvalue weighted by atomic mass is 9.94. The molecule has 1 fully saturated rings. The first-order valence-electron chi connectivity index (χ1n) is 12.9. The molecule has 1 unspecified atom stereocenters. The summed E-state index contributed by atoms with van der Waals surface area (Å²) in [6, 6.07) is 17.9. The summed E-state index contributed by atoms with van der Waals surface area (Å²) in [6.45, 7) is 10.2. The molecule has 6 nitrogen and oxygen atoms in total. The molecule has 1 amide bonds. The quantitative estimate of drug-likeness (QED) is 0.215. The van der Waals surface area contributed by atoms with Crippen LogP contribution in [0.15, 0.2) is 72.3 Å². The van der Waals surface area contributed by atoms with Crippen molar-refractivity contribution in [1.82, 2.24) is 4.90 Å². The normalized spacial score (nSPS) is 16.7. The van der Waals surface area contributed by atoms with E-state index < -0.39 is 17.7 Å². The van der Waals surface area contributed by atoms with Crippen molar-refractivity contribution < 1.29 is 23.8 Å². The monoisotopic (exact) mass is 516 g/mol. The van der Waals surface area contributed by atoms with Crippen molar-refractivity contribution in [2.24, 2.45) is 0 Å². The molecule has 1 saturated heterocycles. The number of likely N-dealkylation sites (tertiary alicyclic amines) is 1. The van der Waals surface area contributed by atoms with E-state index in [0.717, 1.165) is 24.3 Å². The number of nitrogens with zero attached hydrogens (tertiary/aromatic N) is 2. The lowest BCUT2D eigenvalue weighted by Gasteiger charge is -2.27. The standard InChI is InChI=1S/C31H33FN2O4/c1-5-33(6-2)25-15-10-22(11-16-25)28-27(29(35)23-12-17-26(38-7-3)20(4)18-23)30(36)31(37)34(28)19-21-8-13-24(32)14-9-21/h8-18,28,35H,5-7,19H2,1-4H3/b29-27-. The van der Waals surface area contributed by atoms with E-state index in [9.17, 15) is 19.1 Å². The molecule has 0 bridgehead atoms. The molecule has 38 heavy (non-hydrogen) atoms. The molecule has 0 radical (unpaired) electrons. The molecule has 0 saturated carbocycles. The maximum atomic E-state index is 13.5. The summed E-state index contributed by atoms with van der Waals surface area (Å²) in [7, 11) is 0. The highest BCUT2D eigenvalue weighted by Gasteiger charge is 2.46. The van der Waals surface area contributed by atoms with Gasteiger partial charge in [0.25, 0.3) is 11.7 Å². The summed E-state index contributed by atoms with van der Waals surface area (Å²) in [4.78, 5) is 30.3. The SMILES string of the molecule is CCOc1ccc(/C(O)=C2/C(=O)C(=O)N(Cc3ccc(F)cc3)C2c2ccc(N(CC)CC)cc2)cc1C. The van der Waals surface area contributed by atoms with Crippen LogP contribution in [-0.4, -0.2) is 41.4 Å². The molecule has 1 N–H and O–H groups in total. The van der Waals surface area contributed by atoms with E-state index in [0.29, 0.717) is 29.0 Å². The van der Waals surface area contributed by atoms with E-state index in [-0.39, 0.29) is 23.7 Å². The summed E-state index contributed by atoms with van der Waals surface area (Å²) in [5.41, 5.74) is 3.65. The van der Waals surface area contributed by atoms with Crippen LogP contribution in [0.5, 0.6) is 5.75 Å². The van der Waals surface area contributed by atoms with Gasteiger partial charge in [0.05, 0.1) is 18.2 Å². The van der Waals surface area contributed by atoms with Gasteiger partial charge in [0.1, 0.15) is 17.3 Å². The third-order valence-corrected chi connectivity index (χ3v) is 6.89. The largest absolute Gasteiger partial charge is 0.507 e. The van der Waals surface area contributed by atoms with E-state index in [1.165, 1.54) is 17.0 Å². The van der Waals surface area contributed by atoms with Crippen molar-refractivity contribution >= 4 is 23.1 Å². The summed E-state index contributed by atoms with van der Waals surface area (Å²) in [5, 5.41) is 11.4. The van der Waals surface area contributed by atoms with E-state index in [2.05, 4.69) is 18.7 Å².